The van der Waals surface area contributed by atoms with Gasteiger partial charge in [-0.3, -0.25) is 0 Å². The highest BCUT2D eigenvalue weighted by Crippen LogP contribution is 2.30. The van der Waals surface area contributed by atoms with Gasteiger partial charge in [0.25, 0.3) is 0 Å². The van der Waals surface area contributed by atoms with Crippen molar-refractivity contribution in [3.8, 4) is 11.5 Å². The molecule has 0 aliphatic heterocycles. The fourth-order valence-corrected chi connectivity index (χ4v) is 1.44. The number of nitrogens with one attached hydrogen (secondary N) is 1. The zero-order chi connectivity index (χ0) is 13.0. The molecule has 3 N–H and O–H groups in total. The molecular weight excluding hydrogens is 232 g/mol. The first-order valence-electron chi connectivity index (χ1n) is 5.29. The van der Waals surface area contributed by atoms with Crippen molar-refractivity contribution in [1.82, 2.24) is 9.97 Å². The number of hydrogen-bond donors (Lipinski definition) is 2. The highest BCUT2D eigenvalue weighted by Gasteiger charge is 2.06. The largest absolute Gasteiger partial charge is 0.497 e. The van der Waals surface area contributed by atoms with Gasteiger partial charge in [-0.05, 0) is 12.1 Å². The van der Waals surface area contributed by atoms with Crippen LogP contribution in [0.25, 0.3) is 0 Å². The summed E-state index contributed by atoms with van der Waals surface area (Å²) in [7, 11) is 3.20. The van der Waals surface area contributed by atoms with Gasteiger partial charge in [0.15, 0.2) is 0 Å². The van der Waals surface area contributed by atoms with Gasteiger partial charge in [0.05, 0.1) is 32.3 Å². The second kappa shape index (κ2) is 5.22. The average Bonchev–Trinajstić information content (AvgIpc) is 2.41. The van der Waals surface area contributed by atoms with Crippen LogP contribution in [0.5, 0.6) is 11.5 Å². The normalized spacial score (nSPS) is 9.89. The minimum atomic E-state index is 0.377. The smallest absolute Gasteiger partial charge is 0.149 e. The molecular formula is C12H14N4O2. The number of nitrogens with two attached hydrogens (primary N) is 1. The van der Waals surface area contributed by atoms with E-state index in [1.165, 1.54) is 6.20 Å². The van der Waals surface area contributed by atoms with Crippen LogP contribution in [0, 0.1) is 0 Å². The van der Waals surface area contributed by atoms with Crippen LogP contribution in [0.3, 0.4) is 0 Å². The Balaban J connectivity index is 2.25. The fourth-order valence-electron chi connectivity index (χ4n) is 1.44. The number of ether oxygens (including phenoxy) is 2. The number of nitrogens with zero attached hydrogens (tertiary/aromatic N) is 2. The van der Waals surface area contributed by atoms with Crippen molar-refractivity contribution in [1.29, 1.82) is 0 Å². The van der Waals surface area contributed by atoms with Gasteiger partial charge in [-0.25, -0.2) is 9.97 Å². The Kier molecular flexibility index (Phi) is 3.47. The lowest BCUT2D eigenvalue weighted by Gasteiger charge is -2.11. The van der Waals surface area contributed by atoms with Crippen LogP contribution in [-0.4, -0.2) is 24.2 Å². The summed E-state index contributed by atoms with van der Waals surface area (Å²) in [6.45, 7) is 0. The lowest BCUT2D eigenvalue weighted by Crippen LogP contribution is -1.99. The van der Waals surface area contributed by atoms with E-state index in [2.05, 4.69) is 15.3 Å². The van der Waals surface area contributed by atoms with Crippen molar-refractivity contribution in [3.05, 3.63) is 30.6 Å². The zero-order valence-electron chi connectivity index (χ0n) is 10.2. The van der Waals surface area contributed by atoms with Gasteiger partial charge in [0.1, 0.15) is 23.1 Å². The average molecular weight is 246 g/mol. The Bertz CT molecular complexity index is 528. The van der Waals surface area contributed by atoms with E-state index in [0.29, 0.717) is 17.4 Å². The fraction of sp³-hybridized carbons (Fsp3) is 0.167. The van der Waals surface area contributed by atoms with Crippen molar-refractivity contribution >= 4 is 17.3 Å². The number of anilines is 3. The topological polar surface area (TPSA) is 82.3 Å². The molecule has 1 heterocycles. The Labute approximate surface area is 105 Å². The summed E-state index contributed by atoms with van der Waals surface area (Å²) in [5, 5.41) is 3.09. The number of methoxy groups -OCH3 is 2. The van der Waals surface area contributed by atoms with Gasteiger partial charge in [0.2, 0.25) is 0 Å². The monoisotopic (exact) mass is 246 g/mol. The molecule has 0 saturated heterocycles. The highest BCUT2D eigenvalue weighted by atomic mass is 16.5. The summed E-state index contributed by atoms with van der Waals surface area (Å²) >= 11 is 0. The predicted molar refractivity (Wildman–Crippen MR) is 69.3 cm³/mol. The Morgan fingerprint density at radius 1 is 1.11 bits per heavy atom. The molecule has 0 amide bonds. The van der Waals surface area contributed by atoms with E-state index in [9.17, 15) is 0 Å². The molecule has 2 aromatic rings. The van der Waals surface area contributed by atoms with Gasteiger partial charge < -0.3 is 20.5 Å². The molecule has 0 fully saturated rings. The summed E-state index contributed by atoms with van der Waals surface area (Å²) in [5.41, 5.74) is 6.25. The van der Waals surface area contributed by atoms with Crippen LogP contribution < -0.4 is 20.5 Å². The lowest BCUT2D eigenvalue weighted by molar-refractivity contribution is 0.395. The molecule has 94 valence electrons. The molecule has 0 aliphatic carbocycles. The van der Waals surface area contributed by atoms with E-state index in [1.54, 1.807) is 26.5 Å². The molecule has 2 rings (SSSR count). The molecule has 0 bridgehead atoms. The number of benzene rings is 1. The molecule has 0 unspecified atom stereocenters. The van der Waals surface area contributed by atoms with Crippen LogP contribution in [0.15, 0.2) is 30.6 Å². The van der Waals surface area contributed by atoms with Crippen LogP contribution in [0.1, 0.15) is 0 Å². The molecule has 0 saturated carbocycles. The second-order valence-corrected chi connectivity index (χ2v) is 3.52. The zero-order valence-corrected chi connectivity index (χ0v) is 10.2. The molecule has 1 aromatic heterocycles. The third-order valence-corrected chi connectivity index (χ3v) is 2.34. The number of nitrogen functional groups attached to an aromatic ring is 1. The molecule has 6 heteroatoms. The van der Waals surface area contributed by atoms with Gasteiger partial charge in [-0.2, -0.15) is 0 Å². The standard InChI is InChI=1S/C12H14N4O2/c1-17-8-3-4-9(10(5-8)18-2)16-12-7-14-11(13)6-15-12/h3-7H,1-2H3,(H2,13,14)(H,15,16). The quantitative estimate of drug-likeness (QED) is 0.856. The van der Waals surface area contributed by atoms with Crippen LogP contribution >= 0.6 is 0 Å². The third-order valence-electron chi connectivity index (χ3n) is 2.34. The molecule has 0 spiro atoms. The summed E-state index contributed by atoms with van der Waals surface area (Å²) in [6.07, 6.45) is 3.04. The summed E-state index contributed by atoms with van der Waals surface area (Å²) in [6, 6.07) is 5.46. The second-order valence-electron chi connectivity index (χ2n) is 3.52. The van der Waals surface area contributed by atoms with Crippen molar-refractivity contribution < 1.29 is 9.47 Å². The van der Waals surface area contributed by atoms with E-state index in [-0.39, 0.29) is 0 Å². The first-order chi connectivity index (χ1) is 8.72. The van der Waals surface area contributed by atoms with Gasteiger partial charge >= 0.3 is 0 Å². The van der Waals surface area contributed by atoms with Crippen LogP contribution in [-0.2, 0) is 0 Å². The minimum Gasteiger partial charge on any atom is -0.497 e. The van der Waals surface area contributed by atoms with Gasteiger partial charge in [-0.15, -0.1) is 0 Å². The van der Waals surface area contributed by atoms with E-state index >= 15 is 0 Å². The Morgan fingerprint density at radius 3 is 2.56 bits per heavy atom. The van der Waals surface area contributed by atoms with Gasteiger partial charge in [-0.1, -0.05) is 0 Å². The van der Waals surface area contributed by atoms with Crippen molar-refractivity contribution in [2.75, 3.05) is 25.3 Å². The predicted octanol–water partition coefficient (Wildman–Crippen LogP) is 1.82. The summed E-state index contributed by atoms with van der Waals surface area (Å²) in [5.74, 6) is 2.35. The maximum Gasteiger partial charge on any atom is 0.149 e. The van der Waals surface area contributed by atoms with Crippen LogP contribution in [0.4, 0.5) is 17.3 Å². The summed E-state index contributed by atoms with van der Waals surface area (Å²) < 4.78 is 10.4. The molecule has 0 aliphatic rings. The van der Waals surface area contributed by atoms with Crippen molar-refractivity contribution in [2.24, 2.45) is 0 Å². The first-order valence-corrected chi connectivity index (χ1v) is 5.29. The van der Waals surface area contributed by atoms with E-state index in [1.807, 2.05) is 12.1 Å². The number of rotatable bonds is 4. The summed E-state index contributed by atoms with van der Waals surface area (Å²) in [4.78, 5) is 8.06. The third kappa shape index (κ3) is 2.60. The molecule has 1 aromatic carbocycles. The van der Waals surface area contributed by atoms with Crippen LogP contribution in [0.2, 0.25) is 0 Å². The molecule has 18 heavy (non-hydrogen) atoms. The van der Waals surface area contributed by atoms with Crippen molar-refractivity contribution in [2.45, 2.75) is 0 Å². The molecule has 0 atom stereocenters. The number of hydrogen-bond acceptors (Lipinski definition) is 6. The SMILES string of the molecule is COc1ccc(Nc2cnc(N)cn2)c(OC)c1. The van der Waals surface area contributed by atoms with E-state index < -0.39 is 0 Å². The van der Waals surface area contributed by atoms with E-state index in [0.717, 1.165) is 11.4 Å². The number of aromatic nitrogens is 2. The Morgan fingerprint density at radius 2 is 1.94 bits per heavy atom. The molecule has 0 radical (unpaired) electrons. The first kappa shape index (κ1) is 12.0. The maximum atomic E-state index is 5.47. The highest BCUT2D eigenvalue weighted by molar-refractivity contribution is 5.65. The maximum absolute atomic E-state index is 5.47. The lowest BCUT2D eigenvalue weighted by atomic mass is 10.2. The Hall–Kier alpha value is -2.50. The van der Waals surface area contributed by atoms with Crippen molar-refractivity contribution in [3.63, 3.8) is 0 Å². The minimum absolute atomic E-state index is 0.377. The van der Waals surface area contributed by atoms with Gasteiger partial charge in [0, 0.05) is 6.07 Å². The molecule has 6 nitrogen and oxygen atoms in total. The van der Waals surface area contributed by atoms with E-state index in [4.69, 9.17) is 15.2 Å².